The van der Waals surface area contributed by atoms with Crippen LogP contribution in [0.3, 0.4) is 0 Å². The van der Waals surface area contributed by atoms with E-state index < -0.39 is 5.76 Å². The third-order valence-corrected chi connectivity index (χ3v) is 3.33. The molecule has 0 saturated carbocycles. The van der Waals surface area contributed by atoms with Crippen molar-refractivity contribution in [3.05, 3.63) is 58.1 Å². The summed E-state index contributed by atoms with van der Waals surface area (Å²) in [6.07, 6.45) is 0.925. The van der Waals surface area contributed by atoms with Crippen LogP contribution >= 0.6 is 0 Å². The maximum Gasteiger partial charge on any atom is 0.417 e. The molecule has 2 aromatic carbocycles. The third-order valence-electron chi connectivity index (χ3n) is 3.33. The molecule has 82 valence electrons. The first-order valence-corrected chi connectivity index (χ1v) is 5.55. The zero-order chi connectivity index (χ0) is 11.4. The maximum atomic E-state index is 11.1. The number of H-pyrrole nitrogens is 1. The van der Waals surface area contributed by atoms with Gasteiger partial charge in [-0.25, -0.2) is 4.79 Å². The molecule has 0 atom stereocenters. The fraction of sp³-hybridized carbons (Fsp3) is 0.0714. The molecule has 4 rings (SSSR count). The van der Waals surface area contributed by atoms with Gasteiger partial charge >= 0.3 is 5.76 Å². The predicted molar refractivity (Wildman–Crippen MR) is 65.1 cm³/mol. The Morgan fingerprint density at radius 2 is 1.94 bits per heavy atom. The fourth-order valence-electron chi connectivity index (χ4n) is 2.58. The van der Waals surface area contributed by atoms with Crippen LogP contribution in [-0.4, -0.2) is 4.98 Å². The van der Waals surface area contributed by atoms with Gasteiger partial charge in [-0.3, -0.25) is 4.98 Å². The summed E-state index contributed by atoms with van der Waals surface area (Å²) < 4.78 is 5.10. The lowest BCUT2D eigenvalue weighted by Gasteiger charge is -1.99. The Labute approximate surface area is 96.7 Å². The average Bonchev–Trinajstić information content (AvgIpc) is 2.84. The van der Waals surface area contributed by atoms with E-state index in [1.807, 2.05) is 18.2 Å². The van der Waals surface area contributed by atoms with Crippen LogP contribution in [-0.2, 0) is 6.42 Å². The number of hydrogen-bond acceptors (Lipinski definition) is 2. The first-order valence-electron chi connectivity index (χ1n) is 5.55. The average molecular weight is 223 g/mol. The number of nitrogens with one attached hydrogen (secondary N) is 1. The smallest absolute Gasteiger partial charge is 0.408 e. The number of rotatable bonds is 0. The minimum atomic E-state index is -0.392. The molecule has 0 bridgehead atoms. The van der Waals surface area contributed by atoms with Crippen LogP contribution in [0.1, 0.15) is 11.1 Å². The highest BCUT2D eigenvalue weighted by Gasteiger charge is 2.19. The van der Waals surface area contributed by atoms with Crippen LogP contribution in [0.2, 0.25) is 0 Å². The maximum absolute atomic E-state index is 11.1. The Morgan fingerprint density at radius 3 is 2.88 bits per heavy atom. The second kappa shape index (κ2) is 2.88. The van der Waals surface area contributed by atoms with E-state index in [0.717, 1.165) is 11.9 Å². The molecule has 1 heterocycles. The van der Waals surface area contributed by atoms with E-state index in [-0.39, 0.29) is 0 Å². The molecule has 1 aliphatic rings. The van der Waals surface area contributed by atoms with Gasteiger partial charge in [0.25, 0.3) is 0 Å². The van der Waals surface area contributed by atoms with Crippen molar-refractivity contribution in [1.29, 1.82) is 0 Å². The Morgan fingerprint density at radius 1 is 1.06 bits per heavy atom. The number of aromatic amines is 1. The van der Waals surface area contributed by atoms with Gasteiger partial charge in [0.05, 0.1) is 5.52 Å². The second-order valence-corrected chi connectivity index (χ2v) is 4.35. The molecule has 1 aromatic heterocycles. The van der Waals surface area contributed by atoms with Gasteiger partial charge < -0.3 is 4.42 Å². The quantitative estimate of drug-likeness (QED) is 0.498. The lowest BCUT2D eigenvalue weighted by molar-refractivity contribution is 0.555. The summed E-state index contributed by atoms with van der Waals surface area (Å²) in [5.41, 5.74) is 6.41. The summed E-state index contributed by atoms with van der Waals surface area (Å²) in [4.78, 5) is 13.8. The van der Waals surface area contributed by atoms with Crippen molar-refractivity contribution in [1.82, 2.24) is 4.98 Å². The highest BCUT2D eigenvalue weighted by atomic mass is 16.4. The summed E-state index contributed by atoms with van der Waals surface area (Å²) >= 11 is 0. The molecule has 0 fully saturated rings. The topological polar surface area (TPSA) is 46.0 Å². The summed E-state index contributed by atoms with van der Waals surface area (Å²) in [6, 6.07) is 12.3. The van der Waals surface area contributed by atoms with Crippen LogP contribution in [0.15, 0.2) is 45.6 Å². The van der Waals surface area contributed by atoms with Crippen LogP contribution in [0.4, 0.5) is 0 Å². The van der Waals surface area contributed by atoms with Gasteiger partial charge in [-0.15, -0.1) is 0 Å². The molecule has 3 heteroatoms. The number of benzene rings is 2. The predicted octanol–water partition coefficient (Wildman–Crippen LogP) is 2.69. The Balaban J connectivity index is 2.09. The summed E-state index contributed by atoms with van der Waals surface area (Å²) in [6.45, 7) is 0. The Kier molecular flexibility index (Phi) is 1.50. The fourth-order valence-corrected chi connectivity index (χ4v) is 2.58. The lowest BCUT2D eigenvalue weighted by Crippen LogP contribution is -1.93. The molecule has 0 unspecified atom stereocenters. The van der Waals surface area contributed by atoms with E-state index in [2.05, 4.69) is 23.2 Å². The number of oxazole rings is 1. The molecule has 3 nitrogen and oxygen atoms in total. The van der Waals surface area contributed by atoms with Crippen molar-refractivity contribution in [2.75, 3.05) is 0 Å². The van der Waals surface area contributed by atoms with Gasteiger partial charge in [0.15, 0.2) is 5.58 Å². The minimum Gasteiger partial charge on any atom is -0.408 e. The summed E-state index contributed by atoms with van der Waals surface area (Å²) in [5, 5.41) is 0. The van der Waals surface area contributed by atoms with Gasteiger partial charge in [0.2, 0.25) is 0 Å². The summed E-state index contributed by atoms with van der Waals surface area (Å²) in [7, 11) is 0. The first kappa shape index (κ1) is 8.82. The van der Waals surface area contributed by atoms with Gasteiger partial charge in [-0.1, -0.05) is 24.3 Å². The van der Waals surface area contributed by atoms with Crippen molar-refractivity contribution < 1.29 is 4.42 Å². The van der Waals surface area contributed by atoms with Crippen molar-refractivity contribution in [2.45, 2.75) is 6.42 Å². The number of fused-ring (bicyclic) bond motifs is 4. The van der Waals surface area contributed by atoms with Gasteiger partial charge in [0, 0.05) is 0 Å². The molecule has 1 N–H and O–H groups in total. The van der Waals surface area contributed by atoms with Crippen LogP contribution in [0, 0.1) is 0 Å². The number of aromatic nitrogens is 1. The lowest BCUT2D eigenvalue weighted by atomic mass is 10.1. The first-order chi connectivity index (χ1) is 8.31. The van der Waals surface area contributed by atoms with E-state index in [1.165, 1.54) is 22.3 Å². The zero-order valence-corrected chi connectivity index (χ0v) is 8.99. The van der Waals surface area contributed by atoms with E-state index in [1.54, 1.807) is 0 Å². The number of hydrogen-bond donors (Lipinski definition) is 1. The van der Waals surface area contributed by atoms with E-state index in [9.17, 15) is 4.79 Å². The molecule has 0 radical (unpaired) electrons. The highest BCUT2D eigenvalue weighted by molar-refractivity contribution is 5.86. The van der Waals surface area contributed by atoms with Gasteiger partial charge in [-0.2, -0.15) is 0 Å². The van der Waals surface area contributed by atoms with Crippen molar-refractivity contribution in [3.8, 4) is 11.1 Å². The summed E-state index contributed by atoms with van der Waals surface area (Å²) in [5.74, 6) is -0.392. The van der Waals surface area contributed by atoms with Gasteiger partial charge in [-0.05, 0) is 40.8 Å². The second-order valence-electron chi connectivity index (χ2n) is 4.35. The van der Waals surface area contributed by atoms with Gasteiger partial charge in [0.1, 0.15) is 0 Å². The van der Waals surface area contributed by atoms with E-state index in [0.29, 0.717) is 5.58 Å². The molecule has 0 amide bonds. The molecule has 1 aliphatic carbocycles. The minimum absolute atomic E-state index is 0.392. The van der Waals surface area contributed by atoms with Crippen molar-refractivity contribution in [3.63, 3.8) is 0 Å². The molecule has 3 aromatic rings. The zero-order valence-electron chi connectivity index (χ0n) is 8.99. The molecule has 0 aliphatic heterocycles. The molecule has 0 spiro atoms. The van der Waals surface area contributed by atoms with Crippen molar-refractivity contribution >= 4 is 11.1 Å². The van der Waals surface area contributed by atoms with Crippen LogP contribution in [0.25, 0.3) is 22.2 Å². The molecular weight excluding hydrogens is 214 g/mol. The van der Waals surface area contributed by atoms with E-state index >= 15 is 0 Å². The molecule has 17 heavy (non-hydrogen) atoms. The Bertz CT molecular complexity index is 795. The van der Waals surface area contributed by atoms with E-state index in [4.69, 9.17) is 4.42 Å². The van der Waals surface area contributed by atoms with Crippen molar-refractivity contribution in [2.24, 2.45) is 0 Å². The Hall–Kier alpha value is -2.29. The molecular formula is C14H9NO2. The monoisotopic (exact) mass is 223 g/mol. The van der Waals surface area contributed by atoms with Crippen LogP contribution < -0.4 is 5.76 Å². The molecule has 0 saturated heterocycles. The largest absolute Gasteiger partial charge is 0.417 e. The van der Waals surface area contributed by atoms with Crippen LogP contribution in [0.5, 0.6) is 0 Å². The highest BCUT2D eigenvalue weighted by Crippen LogP contribution is 2.38. The SMILES string of the molecule is O=c1[nH]c2cc3c(cc2o1)-c1ccccc1C3. The standard InChI is InChI=1S/C14H9NO2/c16-14-15-12-6-9-5-8-3-1-2-4-10(8)11(9)7-13(12)17-14/h1-4,6-7H,5H2,(H,15,16). The third kappa shape index (κ3) is 1.13. The normalized spacial score (nSPS) is 12.7.